The summed E-state index contributed by atoms with van der Waals surface area (Å²) in [4.78, 5) is 37.8. The molecule has 23 heavy (non-hydrogen) atoms. The number of thioether (sulfide) groups is 1. The maximum atomic E-state index is 12.7. The fourth-order valence-corrected chi connectivity index (χ4v) is 7.27. The molecule has 6 heteroatoms. The first-order valence-corrected chi connectivity index (χ1v) is 8.55. The molecule has 1 saturated carbocycles. The van der Waals surface area contributed by atoms with Gasteiger partial charge in [-0.3, -0.25) is 14.4 Å². The molecule has 2 fully saturated rings. The van der Waals surface area contributed by atoms with E-state index in [4.69, 9.17) is 9.47 Å². The van der Waals surface area contributed by atoms with E-state index in [2.05, 4.69) is 0 Å². The first-order valence-electron chi connectivity index (χ1n) is 7.73. The van der Waals surface area contributed by atoms with Gasteiger partial charge in [0.2, 0.25) is 0 Å². The molecule has 1 aliphatic heterocycles. The van der Waals surface area contributed by atoms with Gasteiger partial charge in [-0.2, -0.15) is 0 Å². The molecule has 0 N–H and O–H groups in total. The Morgan fingerprint density at radius 2 is 1.26 bits per heavy atom. The van der Waals surface area contributed by atoms with Crippen LogP contribution < -0.4 is 0 Å². The van der Waals surface area contributed by atoms with E-state index < -0.39 is 44.1 Å². The van der Waals surface area contributed by atoms with E-state index in [1.54, 1.807) is 11.8 Å². The monoisotopic (exact) mass is 342 g/mol. The van der Waals surface area contributed by atoms with E-state index in [1.165, 1.54) is 14.2 Å². The van der Waals surface area contributed by atoms with Crippen LogP contribution >= 0.6 is 11.8 Å². The summed E-state index contributed by atoms with van der Waals surface area (Å²) in [5, 5.41) is 0. The van der Waals surface area contributed by atoms with E-state index in [9.17, 15) is 14.4 Å². The molecule has 130 valence electrons. The van der Waals surface area contributed by atoms with Gasteiger partial charge in [0.05, 0.1) is 30.8 Å². The topological polar surface area (TPSA) is 69.7 Å². The second kappa shape index (κ2) is 4.98. The van der Waals surface area contributed by atoms with Gasteiger partial charge in [-0.1, -0.05) is 27.7 Å². The molecule has 0 bridgehead atoms. The van der Waals surface area contributed by atoms with E-state index in [0.717, 1.165) is 0 Å². The number of carbonyl (C=O) groups excluding carboxylic acids is 3. The molecule has 1 spiro atoms. The Kier molecular flexibility index (Phi) is 3.96. The Labute approximate surface area is 141 Å². The zero-order chi connectivity index (χ0) is 18.0. The number of ketones is 1. The molecule has 0 radical (unpaired) electrons. The standard InChI is InChI=1S/C17H26O5S/c1-14(2)13(20)15(3,4)17(14)10(12(19)22-8)9(11(18)21-7)16(5,6)23-17/h9-10H,1-8H3/t9-,10-/m0/s1. The zero-order valence-corrected chi connectivity index (χ0v) is 15.9. The van der Waals surface area contributed by atoms with Crippen molar-refractivity contribution >= 4 is 29.5 Å². The lowest BCUT2D eigenvalue weighted by Gasteiger charge is -2.65. The summed E-state index contributed by atoms with van der Waals surface area (Å²) in [5.41, 5.74) is -1.44. The molecule has 2 aliphatic rings. The summed E-state index contributed by atoms with van der Waals surface area (Å²) in [6, 6.07) is 0. The van der Waals surface area contributed by atoms with E-state index in [1.807, 2.05) is 41.5 Å². The first kappa shape index (κ1) is 18.3. The highest BCUT2D eigenvalue weighted by molar-refractivity contribution is 8.02. The first-order chi connectivity index (χ1) is 10.3. The third-order valence-electron chi connectivity index (χ3n) is 5.85. The van der Waals surface area contributed by atoms with Crippen molar-refractivity contribution in [2.24, 2.45) is 22.7 Å². The van der Waals surface area contributed by atoms with Crippen molar-refractivity contribution in [1.82, 2.24) is 0 Å². The van der Waals surface area contributed by atoms with Crippen molar-refractivity contribution in [2.75, 3.05) is 14.2 Å². The van der Waals surface area contributed by atoms with Crippen molar-refractivity contribution < 1.29 is 23.9 Å². The highest BCUT2D eigenvalue weighted by atomic mass is 32.2. The summed E-state index contributed by atoms with van der Waals surface area (Å²) in [5.74, 6) is -2.15. The molecule has 1 saturated heterocycles. The molecule has 2 rings (SSSR count). The molecule has 0 aromatic rings. The van der Waals surface area contributed by atoms with Gasteiger partial charge in [-0.15, -0.1) is 11.8 Å². The molecule has 0 aromatic carbocycles. The van der Waals surface area contributed by atoms with Crippen molar-refractivity contribution in [1.29, 1.82) is 0 Å². The van der Waals surface area contributed by atoms with Gasteiger partial charge in [0, 0.05) is 15.6 Å². The molecular formula is C17H26O5S. The molecule has 1 aliphatic carbocycles. The Hall–Kier alpha value is -1.04. The van der Waals surface area contributed by atoms with Crippen LogP contribution in [0.15, 0.2) is 0 Å². The van der Waals surface area contributed by atoms with Crippen LogP contribution in [0, 0.1) is 22.7 Å². The van der Waals surface area contributed by atoms with Crippen LogP contribution in [0.25, 0.3) is 0 Å². The summed E-state index contributed by atoms with van der Waals surface area (Å²) >= 11 is 1.56. The van der Waals surface area contributed by atoms with Gasteiger partial charge >= 0.3 is 11.9 Å². The SMILES string of the molecule is COC(=O)[C@@H]1[C@@H](C(=O)OC)C2(SC1(C)C)C(C)(C)C(=O)C2(C)C. The van der Waals surface area contributed by atoms with Crippen molar-refractivity contribution in [3.63, 3.8) is 0 Å². The van der Waals surface area contributed by atoms with Gasteiger partial charge in [0.25, 0.3) is 0 Å². The van der Waals surface area contributed by atoms with Gasteiger partial charge in [-0.05, 0) is 13.8 Å². The number of esters is 2. The van der Waals surface area contributed by atoms with E-state index >= 15 is 0 Å². The minimum atomic E-state index is -0.722. The summed E-state index contributed by atoms with van der Waals surface area (Å²) < 4.78 is 8.77. The maximum Gasteiger partial charge on any atom is 0.311 e. The molecule has 0 unspecified atom stereocenters. The largest absolute Gasteiger partial charge is 0.469 e. The maximum absolute atomic E-state index is 12.7. The number of Topliss-reactive ketones (excluding diaryl/α,β-unsaturated/α-hetero) is 1. The number of methoxy groups -OCH3 is 2. The zero-order valence-electron chi connectivity index (χ0n) is 15.1. The predicted octanol–water partition coefficient (Wildman–Crippen LogP) is 2.46. The fraction of sp³-hybridized carbons (Fsp3) is 0.824. The van der Waals surface area contributed by atoms with Crippen LogP contribution in [0.5, 0.6) is 0 Å². The number of rotatable bonds is 2. The van der Waals surface area contributed by atoms with Gasteiger partial charge in [0.15, 0.2) is 0 Å². The van der Waals surface area contributed by atoms with Crippen LogP contribution in [0.1, 0.15) is 41.5 Å². The average molecular weight is 342 g/mol. The second-order valence-corrected chi connectivity index (χ2v) is 9.92. The third kappa shape index (κ3) is 1.90. The van der Waals surface area contributed by atoms with Crippen LogP contribution in [-0.2, 0) is 23.9 Å². The minimum absolute atomic E-state index is 0.104. The lowest BCUT2D eigenvalue weighted by molar-refractivity contribution is -0.178. The van der Waals surface area contributed by atoms with Crippen molar-refractivity contribution in [3.05, 3.63) is 0 Å². The molecule has 5 nitrogen and oxygen atoms in total. The van der Waals surface area contributed by atoms with Crippen LogP contribution in [0.4, 0.5) is 0 Å². The third-order valence-corrected chi connectivity index (χ3v) is 8.22. The van der Waals surface area contributed by atoms with Gasteiger partial charge in [-0.25, -0.2) is 0 Å². The predicted molar refractivity (Wildman–Crippen MR) is 88.0 cm³/mol. The molecule has 0 aromatic heterocycles. The minimum Gasteiger partial charge on any atom is -0.469 e. The highest BCUT2D eigenvalue weighted by Crippen LogP contribution is 2.76. The average Bonchev–Trinajstić information content (AvgIpc) is 2.74. The van der Waals surface area contributed by atoms with Crippen molar-refractivity contribution in [3.8, 4) is 0 Å². The fourth-order valence-electron chi connectivity index (χ4n) is 5.02. The van der Waals surface area contributed by atoms with Crippen molar-refractivity contribution in [2.45, 2.75) is 51.0 Å². The Balaban J connectivity index is 2.72. The molecule has 1 heterocycles. The lowest BCUT2D eigenvalue weighted by atomic mass is 9.41. The van der Waals surface area contributed by atoms with Crippen LogP contribution in [0.2, 0.25) is 0 Å². The number of hydrogen-bond donors (Lipinski definition) is 0. The summed E-state index contributed by atoms with van der Waals surface area (Å²) in [7, 11) is 2.64. The van der Waals surface area contributed by atoms with E-state index in [0.29, 0.717) is 0 Å². The summed E-state index contributed by atoms with van der Waals surface area (Å²) in [6.07, 6.45) is 0. The molecule has 2 atom stereocenters. The molecular weight excluding hydrogens is 316 g/mol. The Morgan fingerprint density at radius 3 is 1.65 bits per heavy atom. The second-order valence-electron chi connectivity index (χ2n) is 8.02. The quantitative estimate of drug-likeness (QED) is 0.718. The Bertz CT molecular complexity index is 558. The number of hydrogen-bond acceptors (Lipinski definition) is 6. The Morgan fingerprint density at radius 1 is 0.870 bits per heavy atom. The van der Waals surface area contributed by atoms with Crippen LogP contribution in [0.3, 0.4) is 0 Å². The van der Waals surface area contributed by atoms with Gasteiger partial charge in [0.1, 0.15) is 5.78 Å². The van der Waals surface area contributed by atoms with Crippen LogP contribution in [-0.4, -0.2) is 41.4 Å². The van der Waals surface area contributed by atoms with E-state index in [-0.39, 0.29) is 5.78 Å². The molecule has 0 amide bonds. The normalized spacial score (nSPS) is 32.3. The van der Waals surface area contributed by atoms with Gasteiger partial charge < -0.3 is 9.47 Å². The number of carbonyl (C=O) groups is 3. The lowest BCUT2D eigenvalue weighted by Crippen LogP contribution is -2.75. The number of ether oxygens (including phenoxy) is 2. The highest BCUT2D eigenvalue weighted by Gasteiger charge is 2.82. The summed E-state index contributed by atoms with van der Waals surface area (Å²) in [6.45, 7) is 11.3. The smallest absolute Gasteiger partial charge is 0.311 e.